The Bertz CT molecular complexity index is 334. The highest BCUT2D eigenvalue weighted by Crippen LogP contribution is 2.39. The van der Waals surface area contributed by atoms with Crippen molar-refractivity contribution in [1.29, 1.82) is 0 Å². The van der Waals surface area contributed by atoms with Crippen molar-refractivity contribution in [2.24, 2.45) is 5.92 Å². The molecule has 96 valence electrons. The molecule has 1 aromatic rings. The Kier molecular flexibility index (Phi) is 4.61. The first-order chi connectivity index (χ1) is 8.20. The molecule has 0 atom stereocenters. The third-order valence-electron chi connectivity index (χ3n) is 4.00. The second-order valence-corrected chi connectivity index (χ2v) is 6.86. The van der Waals surface area contributed by atoms with Crippen LogP contribution in [-0.4, -0.2) is 4.98 Å². The van der Waals surface area contributed by atoms with E-state index in [2.05, 4.69) is 32.0 Å². The summed E-state index contributed by atoms with van der Waals surface area (Å²) in [6, 6.07) is 0. The molecule has 0 saturated heterocycles. The van der Waals surface area contributed by atoms with E-state index in [1.54, 1.807) is 0 Å². The van der Waals surface area contributed by atoms with Crippen LogP contribution in [0.15, 0.2) is 6.20 Å². The average molecular weight is 251 g/mol. The summed E-state index contributed by atoms with van der Waals surface area (Å²) in [7, 11) is 0. The maximum Gasteiger partial charge on any atom is 0.0958 e. The third-order valence-corrected chi connectivity index (χ3v) is 5.46. The largest absolute Gasteiger partial charge is 0.249 e. The van der Waals surface area contributed by atoms with Crippen molar-refractivity contribution in [2.45, 2.75) is 71.1 Å². The minimum absolute atomic E-state index is 0.637. The van der Waals surface area contributed by atoms with Crippen LogP contribution in [0.2, 0.25) is 0 Å². The summed E-state index contributed by atoms with van der Waals surface area (Å²) in [5, 5.41) is 1.41. The van der Waals surface area contributed by atoms with E-state index >= 15 is 0 Å². The lowest BCUT2D eigenvalue weighted by molar-refractivity contribution is 0.308. The van der Waals surface area contributed by atoms with Gasteiger partial charge in [0.05, 0.1) is 5.01 Å². The molecule has 0 bridgehead atoms. The summed E-state index contributed by atoms with van der Waals surface area (Å²) >= 11 is 1.95. The van der Waals surface area contributed by atoms with E-state index < -0.39 is 0 Å². The van der Waals surface area contributed by atoms with Crippen LogP contribution >= 0.6 is 11.3 Å². The molecule has 1 aromatic heterocycles. The predicted molar refractivity (Wildman–Crippen MR) is 75.8 cm³/mol. The van der Waals surface area contributed by atoms with Crippen LogP contribution in [0.5, 0.6) is 0 Å². The van der Waals surface area contributed by atoms with Gasteiger partial charge >= 0.3 is 0 Å². The van der Waals surface area contributed by atoms with Crippen molar-refractivity contribution >= 4 is 11.3 Å². The van der Waals surface area contributed by atoms with Gasteiger partial charge in [-0.15, -0.1) is 11.3 Å². The summed E-state index contributed by atoms with van der Waals surface area (Å²) in [5.41, 5.74) is 0. The van der Waals surface area contributed by atoms with Gasteiger partial charge in [0.15, 0.2) is 0 Å². The van der Waals surface area contributed by atoms with Crippen LogP contribution < -0.4 is 0 Å². The molecular formula is C15H25NS. The Hall–Kier alpha value is -0.370. The van der Waals surface area contributed by atoms with Crippen molar-refractivity contribution in [3.8, 4) is 0 Å². The zero-order valence-electron chi connectivity index (χ0n) is 11.4. The van der Waals surface area contributed by atoms with E-state index in [1.807, 2.05) is 11.3 Å². The molecule has 1 saturated carbocycles. The second kappa shape index (κ2) is 5.99. The standard InChI is InChI=1S/C15H25NS/c1-4-5-12-6-8-13(9-7-12)15-16-10-14(17-15)11(2)3/h10-13H,4-9H2,1-3H3. The molecule has 0 N–H and O–H groups in total. The molecule has 17 heavy (non-hydrogen) atoms. The Morgan fingerprint density at radius 1 is 1.29 bits per heavy atom. The molecule has 2 rings (SSSR count). The lowest BCUT2D eigenvalue weighted by atomic mass is 9.80. The van der Waals surface area contributed by atoms with Crippen LogP contribution in [0, 0.1) is 5.92 Å². The van der Waals surface area contributed by atoms with Crippen LogP contribution in [0.3, 0.4) is 0 Å². The normalized spacial score (nSPS) is 25.4. The van der Waals surface area contributed by atoms with Crippen LogP contribution in [0.1, 0.15) is 81.0 Å². The van der Waals surface area contributed by atoms with E-state index in [-0.39, 0.29) is 0 Å². The van der Waals surface area contributed by atoms with Gasteiger partial charge in [-0.1, -0.05) is 33.6 Å². The van der Waals surface area contributed by atoms with Gasteiger partial charge in [-0.05, 0) is 37.5 Å². The molecule has 0 spiro atoms. The lowest BCUT2D eigenvalue weighted by Crippen LogP contribution is -2.12. The fourth-order valence-corrected chi connectivity index (χ4v) is 3.95. The number of hydrogen-bond acceptors (Lipinski definition) is 2. The highest BCUT2D eigenvalue weighted by Gasteiger charge is 2.24. The van der Waals surface area contributed by atoms with Crippen molar-refractivity contribution in [2.75, 3.05) is 0 Å². The molecule has 1 nitrogen and oxygen atoms in total. The van der Waals surface area contributed by atoms with Gasteiger partial charge in [0.25, 0.3) is 0 Å². The fraction of sp³-hybridized carbons (Fsp3) is 0.800. The highest BCUT2D eigenvalue weighted by molar-refractivity contribution is 7.11. The first kappa shape index (κ1) is 13.1. The summed E-state index contributed by atoms with van der Waals surface area (Å²) in [6.07, 6.45) is 10.5. The first-order valence-electron chi connectivity index (χ1n) is 7.16. The summed E-state index contributed by atoms with van der Waals surface area (Å²) in [6.45, 7) is 6.83. The van der Waals surface area contributed by atoms with Crippen molar-refractivity contribution in [3.05, 3.63) is 16.1 Å². The van der Waals surface area contributed by atoms with Crippen molar-refractivity contribution in [1.82, 2.24) is 4.98 Å². The van der Waals surface area contributed by atoms with Gasteiger partial charge in [-0.2, -0.15) is 0 Å². The number of hydrogen-bond donors (Lipinski definition) is 0. The first-order valence-corrected chi connectivity index (χ1v) is 7.98. The van der Waals surface area contributed by atoms with Gasteiger partial charge < -0.3 is 0 Å². The SMILES string of the molecule is CCCC1CCC(c2ncc(C(C)C)s2)CC1. The molecule has 0 amide bonds. The van der Waals surface area contributed by atoms with E-state index in [0.29, 0.717) is 5.92 Å². The molecule has 0 radical (unpaired) electrons. The molecular weight excluding hydrogens is 226 g/mol. The Morgan fingerprint density at radius 2 is 2.00 bits per heavy atom. The highest BCUT2D eigenvalue weighted by atomic mass is 32.1. The Balaban J connectivity index is 1.91. The van der Waals surface area contributed by atoms with Crippen LogP contribution in [-0.2, 0) is 0 Å². The van der Waals surface area contributed by atoms with E-state index in [9.17, 15) is 0 Å². The summed E-state index contributed by atoms with van der Waals surface area (Å²) in [4.78, 5) is 6.10. The topological polar surface area (TPSA) is 12.9 Å². The second-order valence-electron chi connectivity index (χ2n) is 5.76. The molecule has 0 aliphatic heterocycles. The van der Waals surface area contributed by atoms with Crippen molar-refractivity contribution in [3.63, 3.8) is 0 Å². The molecule has 0 aromatic carbocycles. The number of thiazole rings is 1. The van der Waals surface area contributed by atoms with Gasteiger partial charge in [-0.25, -0.2) is 4.98 Å². The zero-order valence-corrected chi connectivity index (χ0v) is 12.2. The molecule has 1 heterocycles. The number of rotatable bonds is 4. The van der Waals surface area contributed by atoms with Gasteiger partial charge in [0.1, 0.15) is 0 Å². The Morgan fingerprint density at radius 3 is 2.53 bits per heavy atom. The smallest absolute Gasteiger partial charge is 0.0958 e. The maximum atomic E-state index is 4.65. The van der Waals surface area contributed by atoms with Crippen LogP contribution in [0.4, 0.5) is 0 Å². The Labute approximate surface area is 110 Å². The fourth-order valence-electron chi connectivity index (χ4n) is 2.86. The zero-order chi connectivity index (χ0) is 12.3. The van der Waals surface area contributed by atoms with Crippen molar-refractivity contribution < 1.29 is 0 Å². The van der Waals surface area contributed by atoms with E-state index in [4.69, 9.17) is 0 Å². The van der Waals surface area contributed by atoms with Gasteiger partial charge in [-0.3, -0.25) is 0 Å². The minimum atomic E-state index is 0.637. The average Bonchev–Trinajstić information content (AvgIpc) is 2.80. The van der Waals surface area contributed by atoms with Gasteiger partial charge in [0.2, 0.25) is 0 Å². The third kappa shape index (κ3) is 3.31. The van der Waals surface area contributed by atoms with Crippen LogP contribution in [0.25, 0.3) is 0 Å². The number of nitrogens with zero attached hydrogens (tertiary/aromatic N) is 1. The molecule has 0 unspecified atom stereocenters. The lowest BCUT2D eigenvalue weighted by Gasteiger charge is -2.26. The monoisotopic (exact) mass is 251 g/mol. The minimum Gasteiger partial charge on any atom is -0.249 e. The number of aromatic nitrogens is 1. The summed E-state index contributed by atoms with van der Waals surface area (Å²) in [5.74, 6) is 2.40. The van der Waals surface area contributed by atoms with Gasteiger partial charge in [0, 0.05) is 17.0 Å². The molecule has 1 aliphatic rings. The van der Waals surface area contributed by atoms with E-state index in [0.717, 1.165) is 11.8 Å². The maximum absolute atomic E-state index is 4.65. The molecule has 1 aliphatic carbocycles. The van der Waals surface area contributed by atoms with E-state index in [1.165, 1.54) is 48.4 Å². The molecule has 1 fully saturated rings. The summed E-state index contributed by atoms with van der Waals surface area (Å²) < 4.78 is 0. The quantitative estimate of drug-likeness (QED) is 0.704. The predicted octanol–water partition coefficient (Wildman–Crippen LogP) is 5.34. The molecule has 2 heteroatoms.